The van der Waals surface area contributed by atoms with E-state index in [4.69, 9.17) is 14.6 Å². The number of hydrogen-bond donors (Lipinski definition) is 1. The summed E-state index contributed by atoms with van der Waals surface area (Å²) in [5.74, 6) is -1.05. The van der Waals surface area contributed by atoms with Crippen LogP contribution < -0.4 is 4.74 Å². The normalized spacial score (nSPS) is 15.9. The van der Waals surface area contributed by atoms with Crippen molar-refractivity contribution in [2.75, 3.05) is 6.79 Å². The SMILES string of the molecule is CC(CC(=O)O)c1cc(F)cc2c1OCOC2. The van der Waals surface area contributed by atoms with Gasteiger partial charge in [-0.3, -0.25) is 4.79 Å². The Bertz CT molecular complexity index is 444. The van der Waals surface area contributed by atoms with Gasteiger partial charge in [-0.05, 0) is 18.1 Å². The van der Waals surface area contributed by atoms with Crippen LogP contribution in [0.2, 0.25) is 0 Å². The summed E-state index contributed by atoms with van der Waals surface area (Å²) < 4.78 is 23.8. The average molecular weight is 240 g/mol. The topological polar surface area (TPSA) is 55.8 Å². The second-order valence-corrected chi connectivity index (χ2v) is 4.09. The summed E-state index contributed by atoms with van der Waals surface area (Å²) in [5.41, 5.74) is 1.22. The standard InChI is InChI=1S/C12H13FO4/c1-7(2-11(14)15)10-4-9(13)3-8-5-16-6-17-12(8)10/h3-4,7H,2,5-6H2,1H3,(H,14,15). The first-order chi connectivity index (χ1) is 8.08. The molecule has 0 spiro atoms. The number of rotatable bonds is 3. The molecular weight excluding hydrogens is 227 g/mol. The summed E-state index contributed by atoms with van der Waals surface area (Å²) in [6.45, 7) is 2.15. The van der Waals surface area contributed by atoms with Crippen LogP contribution in [0.4, 0.5) is 4.39 Å². The first kappa shape index (κ1) is 11.9. The van der Waals surface area contributed by atoms with Gasteiger partial charge in [-0.15, -0.1) is 0 Å². The Morgan fingerprint density at radius 1 is 1.59 bits per heavy atom. The Morgan fingerprint density at radius 3 is 3.06 bits per heavy atom. The number of halogens is 1. The van der Waals surface area contributed by atoms with E-state index in [1.165, 1.54) is 12.1 Å². The number of ether oxygens (including phenoxy) is 2. The lowest BCUT2D eigenvalue weighted by molar-refractivity contribution is -0.137. The Labute approximate surface area is 98.0 Å². The average Bonchev–Trinajstić information content (AvgIpc) is 2.26. The van der Waals surface area contributed by atoms with E-state index in [-0.39, 0.29) is 19.1 Å². The maximum Gasteiger partial charge on any atom is 0.303 e. The van der Waals surface area contributed by atoms with Crippen LogP contribution in [0.3, 0.4) is 0 Å². The molecule has 2 rings (SSSR count). The highest BCUT2D eigenvalue weighted by molar-refractivity contribution is 5.68. The molecule has 1 aliphatic rings. The Balaban J connectivity index is 2.38. The van der Waals surface area contributed by atoms with Crippen molar-refractivity contribution in [1.29, 1.82) is 0 Å². The molecule has 5 heteroatoms. The van der Waals surface area contributed by atoms with Crippen molar-refractivity contribution >= 4 is 5.97 Å². The molecule has 92 valence electrons. The number of aliphatic carboxylic acids is 1. The lowest BCUT2D eigenvalue weighted by Gasteiger charge is -2.23. The van der Waals surface area contributed by atoms with Crippen molar-refractivity contribution in [2.45, 2.75) is 25.9 Å². The van der Waals surface area contributed by atoms with Crippen molar-refractivity contribution in [2.24, 2.45) is 0 Å². The molecule has 0 aromatic heterocycles. The largest absolute Gasteiger partial charge is 0.481 e. The van der Waals surface area contributed by atoms with Gasteiger partial charge >= 0.3 is 5.97 Å². The first-order valence-corrected chi connectivity index (χ1v) is 5.32. The van der Waals surface area contributed by atoms with Gasteiger partial charge in [0.25, 0.3) is 0 Å². The Hall–Kier alpha value is -1.62. The smallest absolute Gasteiger partial charge is 0.303 e. The number of carboxylic acid groups (broad SMARTS) is 1. The third-order valence-corrected chi connectivity index (χ3v) is 2.72. The molecule has 1 aromatic rings. The summed E-state index contributed by atoms with van der Waals surface area (Å²) in [7, 11) is 0. The molecule has 4 nitrogen and oxygen atoms in total. The van der Waals surface area contributed by atoms with Gasteiger partial charge in [0.1, 0.15) is 11.6 Å². The molecule has 0 fully saturated rings. The number of carbonyl (C=O) groups is 1. The highest BCUT2D eigenvalue weighted by Gasteiger charge is 2.21. The van der Waals surface area contributed by atoms with Crippen LogP contribution in [0.25, 0.3) is 0 Å². The highest BCUT2D eigenvalue weighted by Crippen LogP contribution is 2.35. The van der Waals surface area contributed by atoms with E-state index < -0.39 is 11.8 Å². The minimum atomic E-state index is -0.914. The van der Waals surface area contributed by atoms with Crippen LogP contribution in [-0.4, -0.2) is 17.9 Å². The number of hydrogen-bond acceptors (Lipinski definition) is 3. The molecule has 1 N–H and O–H groups in total. The lowest BCUT2D eigenvalue weighted by atomic mass is 9.94. The predicted molar refractivity (Wildman–Crippen MR) is 57.4 cm³/mol. The summed E-state index contributed by atoms with van der Waals surface area (Å²) >= 11 is 0. The van der Waals surface area contributed by atoms with E-state index in [1.54, 1.807) is 6.92 Å². The summed E-state index contributed by atoms with van der Waals surface area (Å²) in [5, 5.41) is 8.76. The quantitative estimate of drug-likeness (QED) is 0.880. The minimum Gasteiger partial charge on any atom is -0.481 e. The van der Waals surface area contributed by atoms with Gasteiger partial charge in [-0.2, -0.15) is 0 Å². The number of carboxylic acids is 1. The van der Waals surface area contributed by atoms with E-state index in [1.807, 2.05) is 0 Å². The van der Waals surface area contributed by atoms with Crippen molar-refractivity contribution in [3.63, 3.8) is 0 Å². The van der Waals surface area contributed by atoms with Crippen LogP contribution in [0, 0.1) is 5.82 Å². The molecule has 0 bridgehead atoms. The minimum absolute atomic E-state index is 0.0554. The van der Waals surface area contributed by atoms with Gasteiger partial charge in [-0.1, -0.05) is 6.92 Å². The predicted octanol–water partition coefficient (Wildman–Crippen LogP) is 2.27. The fourth-order valence-electron chi connectivity index (χ4n) is 1.95. The first-order valence-electron chi connectivity index (χ1n) is 5.32. The van der Waals surface area contributed by atoms with E-state index in [2.05, 4.69) is 0 Å². The molecule has 1 unspecified atom stereocenters. The molecule has 1 aliphatic heterocycles. The van der Waals surface area contributed by atoms with Gasteiger partial charge in [0.05, 0.1) is 13.0 Å². The molecule has 1 heterocycles. The molecule has 0 aliphatic carbocycles. The molecular formula is C12H13FO4. The van der Waals surface area contributed by atoms with E-state index in [0.717, 1.165) is 0 Å². The second kappa shape index (κ2) is 4.71. The third kappa shape index (κ3) is 2.55. The molecule has 1 aromatic carbocycles. The lowest BCUT2D eigenvalue weighted by Crippen LogP contribution is -2.15. The van der Waals surface area contributed by atoms with Gasteiger partial charge in [-0.25, -0.2) is 4.39 Å². The Kier molecular flexibility index (Phi) is 3.28. The number of benzene rings is 1. The van der Waals surface area contributed by atoms with Gasteiger partial charge in [0, 0.05) is 11.1 Å². The molecule has 17 heavy (non-hydrogen) atoms. The third-order valence-electron chi connectivity index (χ3n) is 2.72. The molecule has 0 radical (unpaired) electrons. The van der Waals surface area contributed by atoms with E-state index in [9.17, 15) is 9.18 Å². The number of fused-ring (bicyclic) bond motifs is 1. The van der Waals surface area contributed by atoms with Crippen LogP contribution in [0.5, 0.6) is 5.75 Å². The monoisotopic (exact) mass is 240 g/mol. The van der Waals surface area contributed by atoms with Crippen LogP contribution in [0.15, 0.2) is 12.1 Å². The Morgan fingerprint density at radius 2 is 2.35 bits per heavy atom. The van der Waals surface area contributed by atoms with Crippen LogP contribution in [-0.2, 0) is 16.1 Å². The highest BCUT2D eigenvalue weighted by atomic mass is 19.1. The van der Waals surface area contributed by atoms with Crippen molar-refractivity contribution < 1.29 is 23.8 Å². The zero-order chi connectivity index (χ0) is 12.4. The van der Waals surface area contributed by atoms with E-state index >= 15 is 0 Å². The molecule has 0 saturated heterocycles. The molecule has 0 amide bonds. The van der Waals surface area contributed by atoms with E-state index in [0.29, 0.717) is 23.5 Å². The zero-order valence-corrected chi connectivity index (χ0v) is 9.40. The van der Waals surface area contributed by atoms with Crippen LogP contribution in [0.1, 0.15) is 30.4 Å². The summed E-state index contributed by atoms with van der Waals surface area (Å²) in [4.78, 5) is 10.7. The van der Waals surface area contributed by atoms with Gasteiger partial charge in [0.15, 0.2) is 6.79 Å². The fraction of sp³-hybridized carbons (Fsp3) is 0.417. The fourth-order valence-corrected chi connectivity index (χ4v) is 1.95. The second-order valence-electron chi connectivity index (χ2n) is 4.09. The summed E-state index contributed by atoms with van der Waals surface area (Å²) in [6, 6.07) is 2.68. The zero-order valence-electron chi connectivity index (χ0n) is 9.40. The van der Waals surface area contributed by atoms with Gasteiger partial charge in [0.2, 0.25) is 0 Å². The molecule has 0 saturated carbocycles. The van der Waals surface area contributed by atoms with Crippen molar-refractivity contribution in [3.8, 4) is 5.75 Å². The van der Waals surface area contributed by atoms with Gasteiger partial charge < -0.3 is 14.6 Å². The maximum absolute atomic E-state index is 13.4. The van der Waals surface area contributed by atoms with Crippen LogP contribution >= 0.6 is 0 Å². The van der Waals surface area contributed by atoms with Crippen molar-refractivity contribution in [3.05, 3.63) is 29.1 Å². The maximum atomic E-state index is 13.4. The molecule has 1 atom stereocenters. The summed E-state index contributed by atoms with van der Waals surface area (Å²) in [6.07, 6.45) is -0.0554. The van der Waals surface area contributed by atoms with Crippen molar-refractivity contribution in [1.82, 2.24) is 0 Å².